The van der Waals surface area contributed by atoms with Crippen molar-refractivity contribution >= 4 is 11.5 Å². The SMILES string of the molecule is CCOC(=O)C1=C(c2ccc(F)c(F)c2OC)C(C)[C@](C)(C(F)(F)F)O1. The Hall–Kier alpha value is -2.32. The van der Waals surface area contributed by atoms with Gasteiger partial charge in [0.05, 0.1) is 13.7 Å². The lowest BCUT2D eigenvalue weighted by Crippen LogP contribution is -2.47. The number of carbonyl (C=O) groups excluding carboxylic acids is 1. The van der Waals surface area contributed by atoms with Crippen molar-refractivity contribution in [3.05, 3.63) is 35.1 Å². The fourth-order valence-electron chi connectivity index (χ4n) is 2.78. The van der Waals surface area contributed by atoms with Crippen LogP contribution in [0.5, 0.6) is 5.75 Å². The third-order valence-corrected chi connectivity index (χ3v) is 4.39. The Balaban J connectivity index is 2.73. The highest BCUT2D eigenvalue weighted by Crippen LogP contribution is 2.53. The second-order valence-electron chi connectivity index (χ2n) is 5.83. The van der Waals surface area contributed by atoms with E-state index in [2.05, 4.69) is 0 Å². The van der Waals surface area contributed by atoms with E-state index in [1.165, 1.54) is 13.8 Å². The van der Waals surface area contributed by atoms with E-state index >= 15 is 0 Å². The molecule has 0 amide bonds. The first-order valence-corrected chi connectivity index (χ1v) is 7.68. The van der Waals surface area contributed by atoms with Crippen molar-refractivity contribution in [1.29, 1.82) is 0 Å². The van der Waals surface area contributed by atoms with Crippen LogP contribution in [0.1, 0.15) is 26.3 Å². The first-order chi connectivity index (χ1) is 12.0. The molecule has 1 heterocycles. The number of ether oxygens (including phenoxy) is 3. The monoisotopic (exact) mass is 380 g/mol. The summed E-state index contributed by atoms with van der Waals surface area (Å²) in [6, 6.07) is 1.77. The third-order valence-electron chi connectivity index (χ3n) is 4.39. The molecule has 26 heavy (non-hydrogen) atoms. The fourth-order valence-corrected chi connectivity index (χ4v) is 2.78. The highest BCUT2D eigenvalue weighted by molar-refractivity contribution is 5.98. The van der Waals surface area contributed by atoms with Crippen molar-refractivity contribution in [2.75, 3.05) is 13.7 Å². The van der Waals surface area contributed by atoms with Crippen LogP contribution in [-0.2, 0) is 14.3 Å². The topological polar surface area (TPSA) is 44.8 Å². The minimum Gasteiger partial charge on any atom is -0.493 e. The lowest BCUT2D eigenvalue weighted by molar-refractivity contribution is -0.262. The smallest absolute Gasteiger partial charge is 0.428 e. The highest BCUT2D eigenvalue weighted by Gasteiger charge is 2.63. The largest absolute Gasteiger partial charge is 0.493 e. The molecule has 1 aromatic carbocycles. The standard InChI is InChI=1S/C17H17F5O4/c1-5-25-15(23)14-11(8(2)16(3,26-14)17(20,21)22)9-6-7-10(18)12(19)13(9)24-4/h6-8H,5H2,1-4H3/t8?,16-/m1/s1. The highest BCUT2D eigenvalue weighted by atomic mass is 19.4. The van der Waals surface area contributed by atoms with Crippen molar-refractivity contribution in [1.82, 2.24) is 0 Å². The maximum Gasteiger partial charge on any atom is 0.428 e. The predicted octanol–water partition coefficient (Wildman–Crippen LogP) is 4.23. The van der Waals surface area contributed by atoms with Gasteiger partial charge in [-0.25, -0.2) is 9.18 Å². The summed E-state index contributed by atoms with van der Waals surface area (Å²) in [6.45, 7) is 3.31. The van der Waals surface area contributed by atoms with Crippen molar-refractivity contribution < 1.29 is 41.0 Å². The Morgan fingerprint density at radius 1 is 1.31 bits per heavy atom. The van der Waals surface area contributed by atoms with Crippen LogP contribution >= 0.6 is 0 Å². The molecule has 0 saturated carbocycles. The zero-order valence-corrected chi connectivity index (χ0v) is 14.5. The third kappa shape index (κ3) is 2.99. The number of alkyl halides is 3. The molecule has 0 aliphatic carbocycles. The Labute approximate surface area is 146 Å². The molecule has 1 aromatic rings. The molecule has 9 heteroatoms. The maximum atomic E-state index is 14.0. The van der Waals surface area contributed by atoms with Crippen LogP contribution in [0.15, 0.2) is 17.9 Å². The number of hydrogen-bond acceptors (Lipinski definition) is 4. The van der Waals surface area contributed by atoms with Crippen LogP contribution in [0.4, 0.5) is 22.0 Å². The lowest BCUT2D eigenvalue weighted by Gasteiger charge is -2.32. The van der Waals surface area contributed by atoms with Crippen molar-refractivity contribution in [2.24, 2.45) is 5.92 Å². The van der Waals surface area contributed by atoms with E-state index in [4.69, 9.17) is 14.2 Å². The molecule has 4 nitrogen and oxygen atoms in total. The molecule has 1 aliphatic rings. The van der Waals surface area contributed by atoms with Gasteiger partial charge in [0.15, 0.2) is 11.6 Å². The quantitative estimate of drug-likeness (QED) is 0.579. The molecule has 0 bridgehead atoms. The first-order valence-electron chi connectivity index (χ1n) is 7.68. The van der Waals surface area contributed by atoms with E-state index in [0.717, 1.165) is 26.2 Å². The zero-order valence-electron chi connectivity index (χ0n) is 14.5. The van der Waals surface area contributed by atoms with Gasteiger partial charge in [-0.3, -0.25) is 0 Å². The van der Waals surface area contributed by atoms with Crippen LogP contribution in [-0.4, -0.2) is 31.5 Å². The molecule has 0 radical (unpaired) electrons. The zero-order chi connectivity index (χ0) is 19.9. The number of benzene rings is 1. The summed E-state index contributed by atoms with van der Waals surface area (Å²) in [5.74, 6) is -6.50. The van der Waals surface area contributed by atoms with Gasteiger partial charge >= 0.3 is 12.1 Å². The molecule has 0 fully saturated rings. The van der Waals surface area contributed by atoms with E-state index in [1.807, 2.05) is 0 Å². The average Bonchev–Trinajstić information content (AvgIpc) is 2.83. The van der Waals surface area contributed by atoms with Gasteiger partial charge in [-0.05, 0) is 26.0 Å². The maximum absolute atomic E-state index is 14.0. The molecule has 0 spiro atoms. The van der Waals surface area contributed by atoms with E-state index < -0.39 is 46.8 Å². The lowest BCUT2D eigenvalue weighted by atomic mass is 9.82. The number of carbonyl (C=O) groups is 1. The number of esters is 1. The number of halogens is 5. The molecule has 0 N–H and O–H groups in total. The van der Waals surface area contributed by atoms with Gasteiger partial charge < -0.3 is 14.2 Å². The number of hydrogen-bond donors (Lipinski definition) is 0. The summed E-state index contributed by atoms with van der Waals surface area (Å²) in [7, 11) is 1.04. The Morgan fingerprint density at radius 2 is 1.92 bits per heavy atom. The minimum atomic E-state index is -4.84. The second kappa shape index (κ2) is 6.77. The molecule has 1 aliphatic heterocycles. The first kappa shape index (κ1) is 20.0. The molecule has 2 atom stereocenters. The Kier molecular flexibility index (Phi) is 5.21. The van der Waals surface area contributed by atoms with E-state index in [-0.39, 0.29) is 17.7 Å². The fraction of sp³-hybridized carbons (Fsp3) is 0.471. The normalized spacial score (nSPS) is 23.0. The van der Waals surface area contributed by atoms with Crippen LogP contribution < -0.4 is 4.74 Å². The van der Waals surface area contributed by atoms with Crippen LogP contribution in [0.25, 0.3) is 5.57 Å². The molecule has 0 aromatic heterocycles. The summed E-state index contributed by atoms with van der Waals surface area (Å²) in [4.78, 5) is 12.2. The summed E-state index contributed by atoms with van der Waals surface area (Å²) < 4.78 is 82.8. The molecule has 144 valence electrons. The summed E-state index contributed by atoms with van der Waals surface area (Å²) in [5.41, 5.74) is -3.23. The van der Waals surface area contributed by atoms with Gasteiger partial charge in [0.2, 0.25) is 17.2 Å². The van der Waals surface area contributed by atoms with Gasteiger partial charge in [-0.15, -0.1) is 0 Å². The van der Waals surface area contributed by atoms with Crippen molar-refractivity contribution in [3.8, 4) is 5.75 Å². The van der Waals surface area contributed by atoms with E-state index in [9.17, 15) is 26.7 Å². The summed E-state index contributed by atoms with van der Waals surface area (Å²) >= 11 is 0. The van der Waals surface area contributed by atoms with Gasteiger partial charge in [0, 0.05) is 17.1 Å². The molecule has 1 unspecified atom stereocenters. The molecular formula is C17H17F5O4. The minimum absolute atomic E-state index is 0.106. The van der Waals surface area contributed by atoms with Gasteiger partial charge in [-0.2, -0.15) is 17.6 Å². The second-order valence-corrected chi connectivity index (χ2v) is 5.83. The van der Waals surface area contributed by atoms with Gasteiger partial charge in [-0.1, -0.05) is 6.92 Å². The number of rotatable bonds is 4. The Morgan fingerprint density at radius 3 is 2.42 bits per heavy atom. The van der Waals surface area contributed by atoms with E-state index in [1.54, 1.807) is 0 Å². The van der Waals surface area contributed by atoms with Crippen molar-refractivity contribution in [2.45, 2.75) is 32.5 Å². The van der Waals surface area contributed by atoms with E-state index in [0.29, 0.717) is 0 Å². The van der Waals surface area contributed by atoms with Crippen LogP contribution in [0.3, 0.4) is 0 Å². The molecule has 0 saturated heterocycles. The van der Waals surface area contributed by atoms with Gasteiger partial charge in [0.25, 0.3) is 0 Å². The predicted molar refractivity (Wildman–Crippen MR) is 81.2 cm³/mol. The Bertz CT molecular complexity index is 756. The summed E-state index contributed by atoms with van der Waals surface area (Å²) in [5, 5.41) is 0. The number of methoxy groups -OCH3 is 1. The van der Waals surface area contributed by atoms with Crippen LogP contribution in [0, 0.1) is 17.6 Å². The summed E-state index contributed by atoms with van der Waals surface area (Å²) in [6.07, 6.45) is -4.84. The molecule has 2 rings (SSSR count). The van der Waals surface area contributed by atoms with Crippen LogP contribution in [0.2, 0.25) is 0 Å². The average molecular weight is 380 g/mol. The van der Waals surface area contributed by atoms with Gasteiger partial charge in [0.1, 0.15) is 0 Å². The van der Waals surface area contributed by atoms with Crippen molar-refractivity contribution in [3.63, 3.8) is 0 Å². The molecular weight excluding hydrogens is 363 g/mol.